The Labute approximate surface area is 181 Å². The number of hydrogen-bond acceptors (Lipinski definition) is 3. The quantitative estimate of drug-likeness (QED) is 0.318. The van der Waals surface area contributed by atoms with Gasteiger partial charge in [-0.25, -0.2) is 0 Å². The predicted octanol–water partition coefficient (Wildman–Crippen LogP) is 4.08. The summed E-state index contributed by atoms with van der Waals surface area (Å²) in [5, 5.41) is 3.29. The molecule has 1 N–H and O–H groups in total. The van der Waals surface area contributed by atoms with Gasteiger partial charge >= 0.3 is 0 Å². The second-order valence-corrected chi connectivity index (χ2v) is 9.43. The van der Waals surface area contributed by atoms with Gasteiger partial charge in [-0.3, -0.25) is 9.20 Å². The average Bonchev–Trinajstić information content (AvgIpc) is 2.97. The van der Waals surface area contributed by atoms with Crippen molar-refractivity contribution in [3.8, 4) is 0 Å². The minimum atomic E-state index is -0.877. The van der Waals surface area contributed by atoms with Gasteiger partial charge in [-0.05, 0) is 33.6 Å². The molecule has 0 saturated carbocycles. The minimum absolute atomic E-state index is 0. The summed E-state index contributed by atoms with van der Waals surface area (Å²) in [5.41, 5.74) is 1.11. The molecular weight excluding hydrogens is 533 g/mol. The van der Waals surface area contributed by atoms with Crippen molar-refractivity contribution < 1.29 is 4.21 Å². The zero-order valence-corrected chi connectivity index (χ0v) is 19.8. The Morgan fingerprint density at radius 3 is 2.60 bits per heavy atom. The highest BCUT2D eigenvalue weighted by molar-refractivity contribution is 14.0. The highest BCUT2D eigenvalue weighted by Gasteiger charge is 2.09. The van der Waals surface area contributed by atoms with E-state index in [1.165, 1.54) is 4.88 Å². The first kappa shape index (κ1) is 22.6. The van der Waals surface area contributed by atoms with Crippen LogP contribution in [0.5, 0.6) is 0 Å². The molecule has 1 atom stereocenters. The number of hydrogen-bond donors (Lipinski definition) is 1. The highest BCUT2D eigenvalue weighted by atomic mass is 127. The maximum atomic E-state index is 12.2. The summed E-state index contributed by atoms with van der Waals surface area (Å²) in [6.07, 6.45) is 0. The van der Waals surface area contributed by atoms with E-state index in [0.29, 0.717) is 18.1 Å². The van der Waals surface area contributed by atoms with Crippen molar-refractivity contribution in [2.24, 2.45) is 4.99 Å². The van der Waals surface area contributed by atoms with Crippen LogP contribution in [0.3, 0.4) is 0 Å². The lowest BCUT2D eigenvalue weighted by molar-refractivity contribution is 0.484. The molecule has 0 amide bonds. The van der Waals surface area contributed by atoms with E-state index < -0.39 is 10.8 Å². The molecule has 2 rings (SSSR count). The van der Waals surface area contributed by atoms with Gasteiger partial charge < -0.3 is 10.2 Å². The van der Waals surface area contributed by atoms with Gasteiger partial charge in [0.25, 0.3) is 0 Å². The normalized spacial score (nSPS) is 12.4. The molecule has 1 aromatic carbocycles. The zero-order valence-electron chi connectivity index (χ0n) is 14.3. The molecule has 8 heteroatoms. The minimum Gasteiger partial charge on any atom is -0.355 e. The number of nitrogens with zero attached hydrogens (tertiary/aromatic N) is 2. The summed E-state index contributed by atoms with van der Waals surface area (Å²) >= 11 is 5.20. The average molecular weight is 556 g/mol. The van der Waals surface area contributed by atoms with Crippen LogP contribution in [0.4, 0.5) is 0 Å². The monoisotopic (exact) mass is 555 g/mol. The van der Waals surface area contributed by atoms with Gasteiger partial charge in [0.15, 0.2) is 5.96 Å². The molecule has 0 spiro atoms. The van der Waals surface area contributed by atoms with E-state index in [1.54, 1.807) is 18.4 Å². The smallest absolute Gasteiger partial charge is 0.193 e. The second kappa shape index (κ2) is 12.0. The first-order valence-electron chi connectivity index (χ1n) is 7.63. The fourth-order valence-corrected chi connectivity index (χ4v) is 4.81. The van der Waals surface area contributed by atoms with Crippen LogP contribution < -0.4 is 5.32 Å². The first-order chi connectivity index (χ1) is 11.6. The van der Waals surface area contributed by atoms with E-state index in [-0.39, 0.29) is 24.0 Å². The van der Waals surface area contributed by atoms with E-state index in [9.17, 15) is 4.21 Å². The maximum Gasteiger partial charge on any atom is 0.193 e. The number of nitrogens with one attached hydrogen (secondary N) is 1. The topological polar surface area (TPSA) is 44.7 Å². The summed E-state index contributed by atoms with van der Waals surface area (Å²) in [6.45, 7) is 1.44. The number of thiophene rings is 1. The van der Waals surface area contributed by atoms with Crippen LogP contribution >= 0.6 is 51.2 Å². The standard InChI is InChI=1S/C17H22BrN3OS2.HI/c1-19-17(21(2)12-15-8-9-16(18)23-15)20-10-11-24(22)13-14-6-4-3-5-7-14;/h3-9H,10-13H2,1-2H3,(H,19,20);1H. The molecule has 1 aromatic heterocycles. The van der Waals surface area contributed by atoms with E-state index in [0.717, 1.165) is 21.9 Å². The number of aliphatic imine (C=N–C) groups is 1. The lowest BCUT2D eigenvalue weighted by atomic mass is 10.2. The number of guanidine groups is 1. The zero-order chi connectivity index (χ0) is 17.4. The summed E-state index contributed by atoms with van der Waals surface area (Å²) in [6, 6.07) is 14.1. The van der Waals surface area contributed by atoms with Gasteiger partial charge in [0, 0.05) is 47.8 Å². The predicted molar refractivity (Wildman–Crippen MR) is 123 cm³/mol. The largest absolute Gasteiger partial charge is 0.355 e. The van der Waals surface area contributed by atoms with Crippen LogP contribution in [0.1, 0.15) is 10.4 Å². The van der Waals surface area contributed by atoms with E-state index >= 15 is 0 Å². The van der Waals surface area contributed by atoms with Crippen molar-refractivity contribution in [1.82, 2.24) is 10.2 Å². The molecule has 0 fully saturated rings. The third-order valence-corrected chi connectivity index (χ3v) is 6.30. The van der Waals surface area contributed by atoms with Gasteiger partial charge in [-0.1, -0.05) is 30.3 Å². The molecule has 0 aliphatic carbocycles. The Hall–Kier alpha value is -0.450. The van der Waals surface area contributed by atoms with Crippen LogP contribution in [0.2, 0.25) is 0 Å². The Morgan fingerprint density at radius 1 is 1.28 bits per heavy atom. The number of halogens is 2. The SMILES string of the molecule is CN=C(NCCS(=O)Cc1ccccc1)N(C)Cc1ccc(Br)s1.I. The van der Waals surface area contributed by atoms with Crippen molar-refractivity contribution in [3.05, 3.63) is 56.7 Å². The van der Waals surface area contributed by atoms with Crippen molar-refractivity contribution in [2.45, 2.75) is 12.3 Å². The van der Waals surface area contributed by atoms with Crippen LogP contribution in [0.15, 0.2) is 51.2 Å². The summed E-state index contributed by atoms with van der Waals surface area (Å²) in [7, 11) is 2.89. The molecule has 1 unspecified atom stereocenters. The molecule has 4 nitrogen and oxygen atoms in total. The summed E-state index contributed by atoms with van der Waals surface area (Å²) < 4.78 is 13.3. The molecule has 0 radical (unpaired) electrons. The van der Waals surface area contributed by atoms with Gasteiger partial charge in [0.2, 0.25) is 0 Å². The molecule has 2 aromatic rings. The first-order valence-corrected chi connectivity index (χ1v) is 10.7. The molecule has 0 bridgehead atoms. The number of benzene rings is 1. The van der Waals surface area contributed by atoms with E-state index in [1.807, 2.05) is 37.4 Å². The van der Waals surface area contributed by atoms with Crippen LogP contribution in [-0.4, -0.2) is 41.5 Å². The van der Waals surface area contributed by atoms with Gasteiger partial charge in [0.1, 0.15) is 0 Å². The van der Waals surface area contributed by atoms with Crippen molar-refractivity contribution in [1.29, 1.82) is 0 Å². The fourth-order valence-electron chi connectivity index (χ4n) is 2.24. The molecule has 25 heavy (non-hydrogen) atoms. The van der Waals surface area contributed by atoms with Crippen molar-refractivity contribution >= 4 is 68.0 Å². The molecule has 0 saturated heterocycles. The number of rotatable bonds is 7. The lowest BCUT2D eigenvalue weighted by Gasteiger charge is -2.21. The van der Waals surface area contributed by atoms with Crippen LogP contribution in [0.25, 0.3) is 0 Å². The second-order valence-electron chi connectivity index (χ2n) is 5.31. The van der Waals surface area contributed by atoms with Gasteiger partial charge in [0.05, 0.1) is 10.3 Å². The Bertz CT molecular complexity index is 694. The summed E-state index contributed by atoms with van der Waals surface area (Å²) in [5.74, 6) is 2.02. The van der Waals surface area contributed by atoms with Gasteiger partial charge in [-0.2, -0.15) is 0 Å². The summed E-state index contributed by atoms with van der Waals surface area (Å²) in [4.78, 5) is 7.63. The molecule has 138 valence electrons. The van der Waals surface area contributed by atoms with E-state index in [2.05, 4.69) is 43.3 Å². The van der Waals surface area contributed by atoms with Gasteiger partial charge in [-0.15, -0.1) is 35.3 Å². The van der Waals surface area contributed by atoms with E-state index in [4.69, 9.17) is 0 Å². The molecule has 1 heterocycles. The molecule has 0 aliphatic heterocycles. The lowest BCUT2D eigenvalue weighted by Crippen LogP contribution is -2.40. The van der Waals surface area contributed by atoms with Crippen LogP contribution in [-0.2, 0) is 23.1 Å². The maximum absolute atomic E-state index is 12.2. The molecular formula is C17H23BrIN3OS2. The third kappa shape index (κ3) is 8.19. The van der Waals surface area contributed by atoms with Crippen LogP contribution in [0, 0.1) is 0 Å². The highest BCUT2D eigenvalue weighted by Crippen LogP contribution is 2.22. The van der Waals surface area contributed by atoms with Crippen molar-refractivity contribution in [2.75, 3.05) is 26.4 Å². The third-order valence-electron chi connectivity index (χ3n) is 3.38. The molecule has 0 aliphatic rings. The Balaban J connectivity index is 0.00000312. The Kier molecular flexibility index (Phi) is 10.9. The fraction of sp³-hybridized carbons (Fsp3) is 0.353. The Morgan fingerprint density at radius 2 is 2.00 bits per heavy atom. The van der Waals surface area contributed by atoms with Crippen molar-refractivity contribution in [3.63, 3.8) is 0 Å².